The van der Waals surface area contributed by atoms with Gasteiger partial charge in [0, 0.05) is 0 Å². The van der Waals surface area contributed by atoms with Crippen molar-refractivity contribution in [1.29, 1.82) is 0 Å². The highest BCUT2D eigenvalue weighted by atomic mass is 14.1. The van der Waals surface area contributed by atoms with E-state index >= 15 is 0 Å². The quantitative estimate of drug-likeness (QED) is 0.659. The van der Waals surface area contributed by atoms with Crippen LogP contribution in [0.5, 0.6) is 0 Å². The molecule has 0 nitrogen and oxygen atoms in total. The molecular weight excluding hydrogens is 192 g/mol. The zero-order chi connectivity index (χ0) is 12.3. The standard InChI is InChI=1S/C16H22/c1-11(2)13(5)15-8-7-9-16(10-15)14(6)12(3)4/h7-12H,5-6H2,1-4H3. The molecule has 0 saturated heterocycles. The Kier molecular flexibility index (Phi) is 4.12. The number of rotatable bonds is 4. The van der Waals surface area contributed by atoms with E-state index in [1.807, 2.05) is 0 Å². The average molecular weight is 214 g/mol. The molecular formula is C16H22. The highest BCUT2D eigenvalue weighted by Crippen LogP contribution is 2.26. The van der Waals surface area contributed by atoms with E-state index in [0.717, 1.165) is 0 Å². The second kappa shape index (κ2) is 5.16. The molecule has 0 N–H and O–H groups in total. The maximum Gasteiger partial charge on any atom is -0.0219 e. The minimum absolute atomic E-state index is 0.488. The maximum absolute atomic E-state index is 4.14. The Morgan fingerprint density at radius 1 is 0.875 bits per heavy atom. The first-order valence-corrected chi connectivity index (χ1v) is 5.92. The molecule has 0 heteroatoms. The van der Waals surface area contributed by atoms with Gasteiger partial charge in [-0.2, -0.15) is 0 Å². The van der Waals surface area contributed by atoms with Crippen LogP contribution in [0.15, 0.2) is 37.4 Å². The molecule has 0 unspecified atom stereocenters. The molecule has 1 rings (SSSR count). The van der Waals surface area contributed by atoms with Crippen molar-refractivity contribution in [1.82, 2.24) is 0 Å². The molecule has 0 aliphatic carbocycles. The molecule has 0 aliphatic rings. The molecule has 0 aromatic heterocycles. The zero-order valence-electron chi connectivity index (χ0n) is 10.9. The van der Waals surface area contributed by atoms with Crippen molar-refractivity contribution in [3.8, 4) is 0 Å². The van der Waals surface area contributed by atoms with Crippen LogP contribution in [0.3, 0.4) is 0 Å². The molecule has 0 spiro atoms. The van der Waals surface area contributed by atoms with E-state index in [1.165, 1.54) is 22.3 Å². The van der Waals surface area contributed by atoms with E-state index in [4.69, 9.17) is 0 Å². The molecule has 0 bridgehead atoms. The molecule has 1 aromatic carbocycles. The molecule has 1 aromatic rings. The third-order valence-electron chi connectivity index (χ3n) is 3.00. The molecule has 0 amide bonds. The van der Waals surface area contributed by atoms with Crippen molar-refractivity contribution in [2.24, 2.45) is 11.8 Å². The summed E-state index contributed by atoms with van der Waals surface area (Å²) in [5.74, 6) is 0.977. The van der Waals surface area contributed by atoms with Crippen LogP contribution in [0.4, 0.5) is 0 Å². The first kappa shape index (κ1) is 12.8. The third-order valence-corrected chi connectivity index (χ3v) is 3.00. The Hall–Kier alpha value is -1.30. The summed E-state index contributed by atoms with van der Waals surface area (Å²) in [4.78, 5) is 0. The van der Waals surface area contributed by atoms with Crippen molar-refractivity contribution in [2.75, 3.05) is 0 Å². The van der Waals surface area contributed by atoms with Crippen molar-refractivity contribution >= 4 is 11.1 Å². The number of hydrogen-bond acceptors (Lipinski definition) is 0. The molecule has 0 saturated carbocycles. The molecule has 0 aliphatic heterocycles. The van der Waals surface area contributed by atoms with E-state index < -0.39 is 0 Å². The first-order valence-electron chi connectivity index (χ1n) is 5.92. The van der Waals surface area contributed by atoms with Crippen molar-refractivity contribution in [3.05, 3.63) is 48.6 Å². The summed E-state index contributed by atoms with van der Waals surface area (Å²) >= 11 is 0. The SMILES string of the molecule is C=C(c1cccc(C(=C)C(C)C)c1)C(C)C. The van der Waals surface area contributed by atoms with E-state index in [0.29, 0.717) is 11.8 Å². The van der Waals surface area contributed by atoms with Gasteiger partial charge in [-0.1, -0.05) is 59.1 Å². The van der Waals surface area contributed by atoms with Crippen LogP contribution in [0, 0.1) is 11.8 Å². The largest absolute Gasteiger partial charge is 0.0950 e. The number of allylic oxidation sites excluding steroid dienone is 2. The van der Waals surface area contributed by atoms with Gasteiger partial charge in [-0.05, 0) is 40.2 Å². The van der Waals surface area contributed by atoms with Crippen LogP contribution in [0.2, 0.25) is 0 Å². The molecule has 0 fully saturated rings. The second-order valence-electron chi connectivity index (χ2n) is 4.94. The van der Waals surface area contributed by atoms with Crippen molar-refractivity contribution in [3.63, 3.8) is 0 Å². The Morgan fingerprint density at radius 2 is 1.25 bits per heavy atom. The van der Waals surface area contributed by atoms with Crippen LogP contribution in [-0.2, 0) is 0 Å². The Bertz CT molecular complexity index is 359. The minimum atomic E-state index is 0.488. The van der Waals surface area contributed by atoms with E-state index in [9.17, 15) is 0 Å². The second-order valence-corrected chi connectivity index (χ2v) is 4.94. The van der Waals surface area contributed by atoms with Gasteiger partial charge in [-0.25, -0.2) is 0 Å². The van der Waals surface area contributed by atoms with Crippen LogP contribution in [-0.4, -0.2) is 0 Å². The summed E-state index contributed by atoms with van der Waals surface area (Å²) in [5.41, 5.74) is 4.85. The summed E-state index contributed by atoms with van der Waals surface area (Å²) in [5, 5.41) is 0. The normalized spacial score (nSPS) is 10.9. The van der Waals surface area contributed by atoms with E-state index in [1.54, 1.807) is 0 Å². The van der Waals surface area contributed by atoms with E-state index in [-0.39, 0.29) is 0 Å². The molecule has 0 heterocycles. The van der Waals surface area contributed by atoms with Crippen LogP contribution in [0.25, 0.3) is 11.1 Å². The van der Waals surface area contributed by atoms with Crippen LogP contribution >= 0.6 is 0 Å². The van der Waals surface area contributed by atoms with E-state index in [2.05, 4.69) is 65.1 Å². The highest BCUT2D eigenvalue weighted by Gasteiger charge is 2.07. The Morgan fingerprint density at radius 3 is 1.56 bits per heavy atom. The van der Waals surface area contributed by atoms with Gasteiger partial charge >= 0.3 is 0 Å². The van der Waals surface area contributed by atoms with Gasteiger partial charge in [0.25, 0.3) is 0 Å². The lowest BCUT2D eigenvalue weighted by Gasteiger charge is -2.14. The molecule has 0 atom stereocenters. The summed E-state index contributed by atoms with van der Waals surface area (Å²) in [7, 11) is 0. The maximum atomic E-state index is 4.14. The van der Waals surface area contributed by atoms with Gasteiger partial charge in [-0.15, -0.1) is 0 Å². The average Bonchev–Trinajstić information content (AvgIpc) is 2.26. The van der Waals surface area contributed by atoms with Gasteiger partial charge in [0.1, 0.15) is 0 Å². The van der Waals surface area contributed by atoms with Gasteiger partial charge in [0.05, 0.1) is 0 Å². The summed E-state index contributed by atoms with van der Waals surface area (Å²) in [6, 6.07) is 8.54. The van der Waals surface area contributed by atoms with Gasteiger partial charge in [-0.3, -0.25) is 0 Å². The van der Waals surface area contributed by atoms with Crippen molar-refractivity contribution in [2.45, 2.75) is 27.7 Å². The Balaban J connectivity index is 3.05. The minimum Gasteiger partial charge on any atom is -0.0950 e. The predicted octanol–water partition coefficient (Wildman–Crippen LogP) is 5.03. The Labute approximate surface area is 99.7 Å². The van der Waals surface area contributed by atoms with Crippen LogP contribution < -0.4 is 0 Å². The van der Waals surface area contributed by atoms with Gasteiger partial charge in [0.2, 0.25) is 0 Å². The monoisotopic (exact) mass is 214 g/mol. The lowest BCUT2D eigenvalue weighted by atomic mass is 9.91. The first-order chi connectivity index (χ1) is 7.43. The molecule has 16 heavy (non-hydrogen) atoms. The number of hydrogen-bond donors (Lipinski definition) is 0. The lowest BCUT2D eigenvalue weighted by Crippen LogP contribution is -1.96. The van der Waals surface area contributed by atoms with Crippen LogP contribution in [0.1, 0.15) is 38.8 Å². The summed E-state index contributed by atoms with van der Waals surface area (Å²) in [6.45, 7) is 17.0. The number of benzene rings is 1. The topological polar surface area (TPSA) is 0 Å². The smallest absolute Gasteiger partial charge is 0.0219 e. The highest BCUT2D eigenvalue weighted by molar-refractivity contribution is 5.71. The fraction of sp³-hybridized carbons (Fsp3) is 0.375. The third kappa shape index (κ3) is 2.85. The fourth-order valence-corrected chi connectivity index (χ4v) is 1.59. The molecule has 0 radical (unpaired) electrons. The van der Waals surface area contributed by atoms with Crippen molar-refractivity contribution < 1.29 is 0 Å². The lowest BCUT2D eigenvalue weighted by molar-refractivity contribution is 0.853. The summed E-state index contributed by atoms with van der Waals surface area (Å²) < 4.78 is 0. The van der Waals surface area contributed by atoms with Gasteiger partial charge in [0.15, 0.2) is 0 Å². The fourth-order valence-electron chi connectivity index (χ4n) is 1.59. The summed E-state index contributed by atoms with van der Waals surface area (Å²) in [6.07, 6.45) is 0. The van der Waals surface area contributed by atoms with Gasteiger partial charge < -0.3 is 0 Å². The molecule has 86 valence electrons. The zero-order valence-corrected chi connectivity index (χ0v) is 10.9. The predicted molar refractivity (Wildman–Crippen MR) is 74.2 cm³/mol.